The number of carbonyl (C=O) groups is 1. The summed E-state index contributed by atoms with van der Waals surface area (Å²) in [4.78, 5) is 18.8. The number of carbonyl (C=O) groups excluding carboxylic acids is 1. The van der Waals surface area contributed by atoms with Crippen LogP contribution in [-0.4, -0.2) is 48.6 Å². The summed E-state index contributed by atoms with van der Waals surface area (Å²) in [5, 5.41) is 15.9. The van der Waals surface area contributed by atoms with Gasteiger partial charge in [-0.2, -0.15) is 18.2 Å². The third-order valence-electron chi connectivity index (χ3n) is 5.45. The minimum Gasteiger partial charge on any atom is -0.375 e. The van der Waals surface area contributed by atoms with Crippen molar-refractivity contribution in [3.8, 4) is 0 Å². The Morgan fingerprint density at radius 3 is 2.74 bits per heavy atom. The molecule has 0 radical (unpaired) electrons. The number of nitrogens with one attached hydrogen (secondary N) is 4. The molecule has 0 aliphatic carbocycles. The lowest BCUT2D eigenvalue weighted by molar-refractivity contribution is -0.137. The molecule has 0 saturated heterocycles. The first-order valence-corrected chi connectivity index (χ1v) is 12.4. The number of hydrogen-bond donors (Lipinski definition) is 4. The molecule has 1 aromatic heterocycles. The lowest BCUT2D eigenvalue weighted by atomic mass is 10.0. The summed E-state index contributed by atoms with van der Waals surface area (Å²) in [6, 6.07) is 4.89. The van der Waals surface area contributed by atoms with Gasteiger partial charge in [0.2, 0.25) is 5.95 Å². The van der Waals surface area contributed by atoms with E-state index in [9.17, 15) is 26.4 Å². The highest BCUT2D eigenvalue weighted by Crippen LogP contribution is 2.35. The van der Waals surface area contributed by atoms with Crippen LogP contribution in [0.5, 0.6) is 0 Å². The van der Waals surface area contributed by atoms with Crippen molar-refractivity contribution in [2.45, 2.75) is 38.4 Å². The molecule has 3 rings (SSSR count). The van der Waals surface area contributed by atoms with Crippen molar-refractivity contribution in [1.29, 1.82) is 5.41 Å². The van der Waals surface area contributed by atoms with Crippen molar-refractivity contribution < 1.29 is 26.4 Å². The van der Waals surface area contributed by atoms with Gasteiger partial charge in [-0.15, -0.1) is 0 Å². The SMILES string of the molecule is CC[C@@H](CCNc1nc(Nc2ccc3c(c2)CC(C=O)N3)ncc1C(F)(F)F)C(=N)S(C)(=O)=O. The average molecular weight is 499 g/mol. The minimum atomic E-state index is -4.70. The number of sulfone groups is 1. The van der Waals surface area contributed by atoms with E-state index in [4.69, 9.17) is 5.41 Å². The van der Waals surface area contributed by atoms with Gasteiger partial charge in [-0.05, 0) is 36.6 Å². The summed E-state index contributed by atoms with van der Waals surface area (Å²) < 4.78 is 63.7. The summed E-state index contributed by atoms with van der Waals surface area (Å²) in [7, 11) is -3.68. The molecule has 2 aromatic rings. The number of alkyl halides is 3. The summed E-state index contributed by atoms with van der Waals surface area (Å²) in [5.41, 5.74) is 1.18. The molecule has 0 spiro atoms. The molecule has 4 N–H and O–H groups in total. The molecular weight excluding hydrogens is 473 g/mol. The van der Waals surface area contributed by atoms with Crippen molar-refractivity contribution in [2.24, 2.45) is 5.92 Å². The molecule has 1 aliphatic heterocycles. The molecule has 184 valence electrons. The van der Waals surface area contributed by atoms with Crippen LogP contribution in [0.15, 0.2) is 24.4 Å². The van der Waals surface area contributed by atoms with E-state index in [2.05, 4.69) is 25.9 Å². The Bertz CT molecular complexity index is 1190. The van der Waals surface area contributed by atoms with Gasteiger partial charge in [-0.3, -0.25) is 5.41 Å². The van der Waals surface area contributed by atoms with Crippen LogP contribution in [0.1, 0.15) is 30.9 Å². The Hall–Kier alpha value is -3.22. The highest BCUT2D eigenvalue weighted by Gasteiger charge is 2.35. The van der Waals surface area contributed by atoms with Crippen molar-refractivity contribution >= 4 is 44.3 Å². The third-order valence-corrected chi connectivity index (χ3v) is 6.58. The molecule has 1 unspecified atom stereocenters. The Morgan fingerprint density at radius 2 is 2.12 bits per heavy atom. The molecule has 0 saturated carbocycles. The van der Waals surface area contributed by atoms with Crippen LogP contribution in [-0.2, 0) is 27.2 Å². The van der Waals surface area contributed by atoms with Gasteiger partial charge in [0, 0.05) is 42.7 Å². The van der Waals surface area contributed by atoms with Crippen LogP contribution in [0.25, 0.3) is 0 Å². The standard InChI is InChI=1S/C21H25F3N6O3S/c1-3-12(18(25)34(2,32)33)6-7-26-19-16(21(22,23)24)10-27-20(30-19)29-14-4-5-17-13(8-14)9-15(11-31)28-17/h4-5,8,10-12,15,25,28H,3,6-7,9H2,1-2H3,(H2,26,27,29,30)/t12-,15?/m0/s1. The van der Waals surface area contributed by atoms with E-state index in [-0.39, 0.29) is 25.0 Å². The molecule has 0 amide bonds. The first-order valence-electron chi connectivity index (χ1n) is 10.5. The van der Waals surface area contributed by atoms with E-state index < -0.39 is 38.4 Å². The fourth-order valence-corrected chi connectivity index (χ4v) is 4.54. The zero-order chi connectivity index (χ0) is 25.1. The predicted octanol–water partition coefficient (Wildman–Crippen LogP) is 3.62. The molecule has 9 nitrogen and oxygen atoms in total. The summed E-state index contributed by atoms with van der Waals surface area (Å²) >= 11 is 0. The molecule has 2 heterocycles. The van der Waals surface area contributed by atoms with Crippen molar-refractivity contribution in [2.75, 3.05) is 28.8 Å². The van der Waals surface area contributed by atoms with Gasteiger partial charge >= 0.3 is 6.18 Å². The number of benzene rings is 1. The Morgan fingerprint density at radius 1 is 1.38 bits per heavy atom. The zero-order valence-corrected chi connectivity index (χ0v) is 19.3. The number of nitrogens with zero attached hydrogens (tertiary/aromatic N) is 2. The second kappa shape index (κ2) is 9.95. The van der Waals surface area contributed by atoms with Crippen LogP contribution in [0.3, 0.4) is 0 Å². The quantitative estimate of drug-likeness (QED) is 0.234. The van der Waals surface area contributed by atoms with Gasteiger partial charge in [0.15, 0.2) is 9.84 Å². The van der Waals surface area contributed by atoms with Crippen LogP contribution < -0.4 is 16.0 Å². The Balaban J connectivity index is 1.77. The van der Waals surface area contributed by atoms with Gasteiger partial charge in [-0.25, -0.2) is 13.4 Å². The summed E-state index contributed by atoms with van der Waals surface area (Å²) in [5.74, 6) is -1.13. The molecule has 0 bridgehead atoms. The van der Waals surface area contributed by atoms with Gasteiger partial charge in [0.25, 0.3) is 0 Å². The molecule has 13 heteroatoms. The largest absolute Gasteiger partial charge is 0.421 e. The lowest BCUT2D eigenvalue weighted by Gasteiger charge is -2.18. The predicted molar refractivity (Wildman–Crippen MR) is 123 cm³/mol. The topological polar surface area (TPSA) is 137 Å². The fraction of sp³-hybridized carbons (Fsp3) is 0.429. The first-order chi connectivity index (χ1) is 15.9. The smallest absolute Gasteiger partial charge is 0.375 e. The summed E-state index contributed by atoms with van der Waals surface area (Å²) in [6.45, 7) is 1.69. The molecular formula is C21H25F3N6O3S. The van der Waals surface area contributed by atoms with E-state index in [0.717, 1.165) is 23.8 Å². The number of aldehydes is 1. The molecule has 34 heavy (non-hydrogen) atoms. The number of rotatable bonds is 9. The molecule has 2 atom stereocenters. The van der Waals surface area contributed by atoms with E-state index >= 15 is 0 Å². The van der Waals surface area contributed by atoms with Gasteiger partial charge in [0.05, 0.1) is 6.04 Å². The maximum absolute atomic E-state index is 13.5. The number of hydrogen-bond acceptors (Lipinski definition) is 9. The van der Waals surface area contributed by atoms with E-state index in [1.807, 2.05) is 0 Å². The fourth-order valence-electron chi connectivity index (χ4n) is 3.65. The second-order valence-corrected chi connectivity index (χ2v) is 9.98. The maximum Gasteiger partial charge on any atom is 0.421 e. The monoisotopic (exact) mass is 498 g/mol. The average Bonchev–Trinajstić information content (AvgIpc) is 3.17. The number of anilines is 4. The molecule has 1 aliphatic rings. The van der Waals surface area contributed by atoms with E-state index in [0.29, 0.717) is 24.7 Å². The highest BCUT2D eigenvalue weighted by atomic mass is 32.2. The van der Waals surface area contributed by atoms with Crippen molar-refractivity contribution in [3.05, 3.63) is 35.5 Å². The third kappa shape index (κ3) is 6.01. The zero-order valence-electron chi connectivity index (χ0n) is 18.5. The minimum absolute atomic E-state index is 0.0203. The van der Waals surface area contributed by atoms with Gasteiger partial charge in [-0.1, -0.05) is 6.92 Å². The Labute approximate surface area is 195 Å². The van der Waals surface area contributed by atoms with Crippen LogP contribution >= 0.6 is 0 Å². The molecule has 1 aromatic carbocycles. The van der Waals surface area contributed by atoms with Crippen LogP contribution in [0.4, 0.5) is 36.3 Å². The van der Waals surface area contributed by atoms with Crippen LogP contribution in [0.2, 0.25) is 0 Å². The summed E-state index contributed by atoms with van der Waals surface area (Å²) in [6.07, 6.45) is -1.29. The number of halogens is 3. The van der Waals surface area contributed by atoms with E-state index in [1.165, 1.54) is 0 Å². The highest BCUT2D eigenvalue weighted by molar-refractivity contribution is 8.05. The lowest BCUT2D eigenvalue weighted by Crippen LogP contribution is -2.24. The molecule has 0 fully saturated rings. The van der Waals surface area contributed by atoms with Gasteiger partial charge < -0.3 is 20.7 Å². The van der Waals surface area contributed by atoms with Gasteiger partial charge in [0.1, 0.15) is 22.7 Å². The van der Waals surface area contributed by atoms with Crippen LogP contribution in [0, 0.1) is 11.3 Å². The normalized spacial score (nSPS) is 16.3. The van der Waals surface area contributed by atoms with E-state index in [1.54, 1.807) is 25.1 Å². The van der Waals surface area contributed by atoms with Crippen molar-refractivity contribution in [1.82, 2.24) is 9.97 Å². The second-order valence-electron chi connectivity index (χ2n) is 8.00. The Kier molecular flexibility index (Phi) is 7.44. The van der Waals surface area contributed by atoms with Crippen molar-refractivity contribution in [3.63, 3.8) is 0 Å². The first kappa shape index (κ1) is 25.4. The number of aromatic nitrogens is 2. The number of fused-ring (bicyclic) bond motifs is 1. The maximum atomic E-state index is 13.5.